The number of unbranched alkanes of at least 4 members (excludes halogenated alkanes) is 50. The molecule has 0 saturated carbocycles. The van der Waals surface area contributed by atoms with E-state index in [0.29, 0.717) is 25.9 Å². The molecule has 0 bridgehead atoms. The van der Waals surface area contributed by atoms with Gasteiger partial charge in [0.2, 0.25) is 5.91 Å². The van der Waals surface area contributed by atoms with Crippen molar-refractivity contribution in [2.45, 2.75) is 398 Å². The topological polar surface area (TPSA) is 95.9 Å². The van der Waals surface area contributed by atoms with Crippen molar-refractivity contribution in [1.82, 2.24) is 5.32 Å². The van der Waals surface area contributed by atoms with Gasteiger partial charge in [-0.05, 0) is 77.0 Å². The molecule has 0 aliphatic carbocycles. The van der Waals surface area contributed by atoms with E-state index in [4.69, 9.17) is 4.74 Å². The number of amides is 1. The number of rotatable bonds is 65. The fourth-order valence-corrected chi connectivity index (χ4v) is 10.9. The number of allylic oxidation sites excluding steroid dienone is 4. The number of hydrogen-bond acceptors (Lipinski definition) is 5. The fourth-order valence-electron chi connectivity index (χ4n) is 10.9. The minimum absolute atomic E-state index is 0.0178. The molecule has 0 rings (SSSR count). The summed E-state index contributed by atoms with van der Waals surface area (Å²) in [6, 6.07) is -0.537. The van der Waals surface area contributed by atoms with Gasteiger partial charge in [-0.3, -0.25) is 9.59 Å². The van der Waals surface area contributed by atoms with E-state index < -0.39 is 12.1 Å². The molecular formula is C70H135NO5. The molecule has 450 valence electrons. The third-order valence-electron chi connectivity index (χ3n) is 16.2. The Labute approximate surface area is 475 Å². The van der Waals surface area contributed by atoms with Crippen LogP contribution in [0.1, 0.15) is 386 Å². The van der Waals surface area contributed by atoms with Gasteiger partial charge >= 0.3 is 5.97 Å². The van der Waals surface area contributed by atoms with Gasteiger partial charge in [-0.15, -0.1) is 0 Å². The number of carbonyl (C=O) groups is 2. The second-order valence-electron chi connectivity index (χ2n) is 23.9. The number of aliphatic hydroxyl groups is 2. The number of esters is 1. The molecule has 0 aromatic carbocycles. The lowest BCUT2D eigenvalue weighted by Crippen LogP contribution is -2.45. The Hall–Kier alpha value is -1.66. The van der Waals surface area contributed by atoms with Gasteiger partial charge in [-0.25, -0.2) is 0 Å². The highest BCUT2D eigenvalue weighted by Gasteiger charge is 2.20. The Balaban J connectivity index is 3.31. The maximum absolute atomic E-state index is 12.4. The largest absolute Gasteiger partial charge is 0.466 e. The van der Waals surface area contributed by atoms with Gasteiger partial charge in [0.05, 0.1) is 25.4 Å². The van der Waals surface area contributed by atoms with Gasteiger partial charge in [-0.1, -0.05) is 321 Å². The predicted molar refractivity (Wildman–Crippen MR) is 333 cm³/mol. The van der Waals surface area contributed by atoms with E-state index in [1.807, 2.05) is 0 Å². The van der Waals surface area contributed by atoms with Crippen LogP contribution in [0.3, 0.4) is 0 Å². The molecule has 0 fully saturated rings. The normalized spacial score (nSPS) is 12.6. The van der Waals surface area contributed by atoms with Crippen LogP contribution in [0.25, 0.3) is 0 Å². The van der Waals surface area contributed by atoms with E-state index in [9.17, 15) is 19.8 Å². The summed E-state index contributed by atoms with van der Waals surface area (Å²) in [7, 11) is 0. The van der Waals surface area contributed by atoms with E-state index >= 15 is 0 Å². The molecule has 0 aromatic rings. The average molecular weight is 1070 g/mol. The molecule has 0 aliphatic rings. The van der Waals surface area contributed by atoms with Gasteiger partial charge in [0, 0.05) is 12.8 Å². The van der Waals surface area contributed by atoms with Crippen molar-refractivity contribution in [3.05, 3.63) is 24.3 Å². The summed E-state index contributed by atoms with van der Waals surface area (Å²) in [5, 5.41) is 23.1. The molecule has 1 amide bonds. The molecule has 0 aliphatic heterocycles. The van der Waals surface area contributed by atoms with E-state index in [2.05, 4.69) is 43.5 Å². The molecule has 0 heterocycles. The van der Waals surface area contributed by atoms with Crippen LogP contribution in [0.5, 0.6) is 0 Å². The number of nitrogens with one attached hydrogen (secondary N) is 1. The van der Waals surface area contributed by atoms with E-state index in [0.717, 1.165) is 38.5 Å². The minimum atomic E-state index is -0.660. The lowest BCUT2D eigenvalue weighted by molar-refractivity contribution is -0.143. The molecule has 0 saturated heterocycles. The molecule has 6 nitrogen and oxygen atoms in total. The molecule has 2 atom stereocenters. The first-order valence-electron chi connectivity index (χ1n) is 34.6. The minimum Gasteiger partial charge on any atom is -0.466 e. The first-order chi connectivity index (χ1) is 37.5. The molecular weight excluding hydrogens is 935 g/mol. The lowest BCUT2D eigenvalue weighted by atomic mass is 10.0. The van der Waals surface area contributed by atoms with Crippen LogP contribution in [0.15, 0.2) is 24.3 Å². The van der Waals surface area contributed by atoms with Crippen LogP contribution in [0.2, 0.25) is 0 Å². The lowest BCUT2D eigenvalue weighted by Gasteiger charge is -2.22. The van der Waals surface area contributed by atoms with Gasteiger partial charge in [-0.2, -0.15) is 0 Å². The standard InChI is InChI=1S/C70H135NO5/c1-3-5-7-9-11-13-14-15-16-17-31-35-38-41-44-48-52-56-60-64-70(75)76-65-61-57-53-49-45-42-39-36-33-30-28-26-24-22-20-18-19-21-23-25-27-29-32-34-37-40-43-47-51-55-59-63-69(74)71-67(66-72)68(73)62-58-54-50-46-12-10-8-6-4-2/h15-16,20,22,67-68,72-73H,3-14,17-19,21,23-66H2,1-2H3,(H,71,74)/b16-15-,22-20-. The molecule has 0 radical (unpaired) electrons. The quantitative estimate of drug-likeness (QED) is 0.0320. The number of carbonyl (C=O) groups excluding carboxylic acids is 2. The second-order valence-corrected chi connectivity index (χ2v) is 23.9. The SMILES string of the molecule is CCCCCCCC/C=C\CCCCCCCCCCCC(=O)OCCCCCCCCCCCCCC/C=C\CCCCCCCCCCCCCCCCCC(=O)NC(CO)C(O)CCCCCCCCCCC. The summed E-state index contributed by atoms with van der Waals surface area (Å²) in [6.45, 7) is 4.95. The smallest absolute Gasteiger partial charge is 0.305 e. The summed E-state index contributed by atoms with van der Waals surface area (Å²) >= 11 is 0. The first kappa shape index (κ1) is 74.3. The molecule has 0 spiro atoms. The van der Waals surface area contributed by atoms with Crippen LogP contribution in [0, 0.1) is 0 Å². The number of hydrogen-bond donors (Lipinski definition) is 3. The Morgan fingerprint density at radius 1 is 0.355 bits per heavy atom. The summed E-state index contributed by atoms with van der Waals surface area (Å²) < 4.78 is 5.51. The maximum atomic E-state index is 12.4. The van der Waals surface area contributed by atoms with Gasteiger partial charge < -0.3 is 20.3 Å². The average Bonchev–Trinajstić information content (AvgIpc) is 3.42. The van der Waals surface area contributed by atoms with Crippen molar-refractivity contribution < 1.29 is 24.5 Å². The van der Waals surface area contributed by atoms with Crippen molar-refractivity contribution in [3.8, 4) is 0 Å². The second kappa shape index (κ2) is 65.9. The zero-order valence-corrected chi connectivity index (χ0v) is 51.5. The van der Waals surface area contributed by atoms with Crippen molar-refractivity contribution in [2.24, 2.45) is 0 Å². The Bertz CT molecular complexity index is 1190. The molecule has 3 N–H and O–H groups in total. The fraction of sp³-hybridized carbons (Fsp3) is 0.914. The third kappa shape index (κ3) is 61.6. The zero-order chi connectivity index (χ0) is 55.0. The monoisotopic (exact) mass is 1070 g/mol. The van der Waals surface area contributed by atoms with Gasteiger partial charge in [0.25, 0.3) is 0 Å². The van der Waals surface area contributed by atoms with Crippen LogP contribution in [-0.4, -0.2) is 47.4 Å². The molecule has 6 heteroatoms. The summed E-state index contributed by atoms with van der Waals surface area (Å²) in [6.07, 6.45) is 82.4. The molecule has 76 heavy (non-hydrogen) atoms. The van der Waals surface area contributed by atoms with Gasteiger partial charge in [0.15, 0.2) is 0 Å². The summed E-state index contributed by atoms with van der Waals surface area (Å²) in [4.78, 5) is 24.5. The first-order valence-corrected chi connectivity index (χ1v) is 34.6. The molecule has 2 unspecified atom stereocenters. The summed E-state index contributed by atoms with van der Waals surface area (Å²) in [5.41, 5.74) is 0. The predicted octanol–water partition coefficient (Wildman–Crippen LogP) is 22.1. The van der Waals surface area contributed by atoms with Crippen LogP contribution in [0.4, 0.5) is 0 Å². The Kier molecular flexibility index (Phi) is 64.4. The number of aliphatic hydroxyl groups excluding tert-OH is 2. The van der Waals surface area contributed by atoms with E-state index in [-0.39, 0.29) is 18.5 Å². The Morgan fingerprint density at radius 3 is 0.934 bits per heavy atom. The van der Waals surface area contributed by atoms with Crippen LogP contribution < -0.4 is 5.32 Å². The van der Waals surface area contributed by atoms with Crippen molar-refractivity contribution in [1.29, 1.82) is 0 Å². The van der Waals surface area contributed by atoms with Crippen LogP contribution >= 0.6 is 0 Å². The van der Waals surface area contributed by atoms with Crippen molar-refractivity contribution >= 4 is 11.9 Å². The highest BCUT2D eigenvalue weighted by molar-refractivity contribution is 5.76. The van der Waals surface area contributed by atoms with E-state index in [1.54, 1.807) is 0 Å². The Morgan fingerprint density at radius 2 is 0.618 bits per heavy atom. The zero-order valence-electron chi connectivity index (χ0n) is 51.5. The highest BCUT2D eigenvalue weighted by atomic mass is 16.5. The summed E-state index contributed by atoms with van der Waals surface area (Å²) in [5.74, 6) is -0.0160. The van der Waals surface area contributed by atoms with E-state index in [1.165, 1.54) is 315 Å². The maximum Gasteiger partial charge on any atom is 0.305 e. The molecule has 0 aromatic heterocycles. The number of ether oxygens (including phenoxy) is 1. The van der Waals surface area contributed by atoms with Gasteiger partial charge in [0.1, 0.15) is 0 Å². The van der Waals surface area contributed by atoms with Crippen LogP contribution in [-0.2, 0) is 14.3 Å². The highest BCUT2D eigenvalue weighted by Crippen LogP contribution is 2.18. The van der Waals surface area contributed by atoms with Crippen molar-refractivity contribution in [3.63, 3.8) is 0 Å². The van der Waals surface area contributed by atoms with Crippen molar-refractivity contribution in [2.75, 3.05) is 13.2 Å². The third-order valence-corrected chi connectivity index (χ3v) is 16.2.